The zero-order chi connectivity index (χ0) is 21.0. The molecule has 0 aliphatic heterocycles. The molecule has 0 bridgehead atoms. The van der Waals surface area contributed by atoms with E-state index in [1.54, 1.807) is 12.3 Å². The van der Waals surface area contributed by atoms with Gasteiger partial charge in [0.25, 0.3) is 0 Å². The van der Waals surface area contributed by atoms with Crippen LogP contribution in [0.15, 0.2) is 36.7 Å². The SMILES string of the molecule is CN(C)CC#Cc1cnc2[nH]cc(C=C(CN(C)C)c3cccc(F)c3F)c2c1. The van der Waals surface area contributed by atoms with Gasteiger partial charge in [-0.25, -0.2) is 13.8 Å². The van der Waals surface area contributed by atoms with Crippen LogP contribution in [0.1, 0.15) is 16.7 Å². The Kier molecular flexibility index (Phi) is 6.42. The number of fused-ring (bicyclic) bond motifs is 1. The summed E-state index contributed by atoms with van der Waals surface area (Å²) in [6, 6.07) is 6.20. The number of nitrogens with zero attached hydrogens (tertiary/aromatic N) is 3. The second-order valence-corrected chi connectivity index (χ2v) is 7.41. The van der Waals surface area contributed by atoms with Crippen LogP contribution in [0, 0.1) is 23.5 Å². The normalized spacial score (nSPS) is 11.9. The molecule has 29 heavy (non-hydrogen) atoms. The maximum atomic E-state index is 14.4. The van der Waals surface area contributed by atoms with Gasteiger partial charge in [0.1, 0.15) is 5.65 Å². The number of hydrogen-bond acceptors (Lipinski definition) is 3. The summed E-state index contributed by atoms with van der Waals surface area (Å²) in [5, 5.41) is 0.884. The summed E-state index contributed by atoms with van der Waals surface area (Å²) in [6.45, 7) is 1.12. The van der Waals surface area contributed by atoms with E-state index in [4.69, 9.17) is 0 Å². The van der Waals surface area contributed by atoms with Gasteiger partial charge in [-0.15, -0.1) is 0 Å². The number of likely N-dealkylation sites (N-methyl/N-ethyl adjacent to an activating group) is 1. The second-order valence-electron chi connectivity index (χ2n) is 7.41. The van der Waals surface area contributed by atoms with Gasteiger partial charge in [-0.2, -0.15) is 0 Å². The van der Waals surface area contributed by atoms with Crippen LogP contribution in [-0.2, 0) is 0 Å². The molecule has 6 heteroatoms. The molecule has 0 unspecified atom stereocenters. The number of aromatic nitrogens is 2. The Bertz CT molecular complexity index is 1100. The zero-order valence-electron chi connectivity index (χ0n) is 17.1. The molecule has 3 aromatic rings. The van der Waals surface area contributed by atoms with E-state index in [2.05, 4.69) is 21.8 Å². The molecule has 0 saturated carbocycles. The highest BCUT2D eigenvalue weighted by Crippen LogP contribution is 2.26. The standard InChI is InChI=1S/C23H24F2N4/c1-28(2)10-6-7-16-11-20-17(14-27-23(20)26-13-16)12-18(15-29(3)4)19-8-5-9-21(24)22(19)25/h5,8-9,11-14H,10,15H2,1-4H3,(H,26,27). The fraction of sp³-hybridized carbons (Fsp3) is 0.261. The lowest BCUT2D eigenvalue weighted by Crippen LogP contribution is -2.15. The lowest BCUT2D eigenvalue weighted by atomic mass is 10.0. The quantitative estimate of drug-likeness (QED) is 0.668. The van der Waals surface area contributed by atoms with Crippen molar-refractivity contribution in [3.63, 3.8) is 0 Å². The Morgan fingerprint density at radius 3 is 2.69 bits per heavy atom. The Labute approximate surface area is 169 Å². The van der Waals surface area contributed by atoms with Crippen molar-refractivity contribution in [2.45, 2.75) is 0 Å². The van der Waals surface area contributed by atoms with E-state index in [0.29, 0.717) is 18.7 Å². The first-order chi connectivity index (χ1) is 13.8. The highest BCUT2D eigenvalue weighted by atomic mass is 19.2. The number of aromatic amines is 1. The van der Waals surface area contributed by atoms with Crippen molar-refractivity contribution >= 4 is 22.7 Å². The lowest BCUT2D eigenvalue weighted by molar-refractivity contribution is 0.460. The number of benzene rings is 1. The molecule has 4 nitrogen and oxygen atoms in total. The average molecular weight is 394 g/mol. The average Bonchev–Trinajstić information content (AvgIpc) is 3.05. The number of nitrogens with one attached hydrogen (secondary N) is 1. The van der Waals surface area contributed by atoms with Crippen molar-refractivity contribution in [2.75, 3.05) is 41.3 Å². The Morgan fingerprint density at radius 2 is 1.97 bits per heavy atom. The molecule has 0 fully saturated rings. The number of halogens is 2. The Hall–Kier alpha value is -3.01. The molecule has 0 aliphatic carbocycles. The van der Waals surface area contributed by atoms with E-state index in [0.717, 1.165) is 28.2 Å². The molecule has 2 aromatic heterocycles. The maximum absolute atomic E-state index is 14.4. The fourth-order valence-corrected chi connectivity index (χ4v) is 3.00. The van der Waals surface area contributed by atoms with Gasteiger partial charge < -0.3 is 9.88 Å². The van der Waals surface area contributed by atoms with Crippen molar-refractivity contribution in [3.05, 3.63) is 65.0 Å². The maximum Gasteiger partial charge on any atom is 0.166 e. The molecular weight excluding hydrogens is 370 g/mol. The fourth-order valence-electron chi connectivity index (χ4n) is 3.00. The summed E-state index contributed by atoms with van der Waals surface area (Å²) in [4.78, 5) is 11.5. The first-order valence-electron chi connectivity index (χ1n) is 9.25. The van der Waals surface area contributed by atoms with Crippen LogP contribution in [0.2, 0.25) is 0 Å². The Balaban J connectivity index is 2.07. The van der Waals surface area contributed by atoms with Gasteiger partial charge in [-0.1, -0.05) is 24.0 Å². The van der Waals surface area contributed by atoms with Crippen LogP contribution in [0.25, 0.3) is 22.7 Å². The van der Waals surface area contributed by atoms with Crippen molar-refractivity contribution < 1.29 is 8.78 Å². The third kappa shape index (κ3) is 5.08. The van der Waals surface area contributed by atoms with Crippen LogP contribution in [-0.4, -0.2) is 61.0 Å². The van der Waals surface area contributed by atoms with Gasteiger partial charge in [-0.3, -0.25) is 4.90 Å². The molecule has 1 N–H and O–H groups in total. The topological polar surface area (TPSA) is 35.2 Å². The molecule has 3 rings (SSSR count). The van der Waals surface area contributed by atoms with E-state index in [9.17, 15) is 8.78 Å². The van der Waals surface area contributed by atoms with E-state index in [1.165, 1.54) is 6.07 Å². The molecule has 0 saturated heterocycles. The molecule has 0 spiro atoms. The number of H-pyrrole nitrogens is 1. The summed E-state index contributed by atoms with van der Waals surface area (Å²) in [6.07, 6.45) is 5.42. The minimum Gasteiger partial charge on any atom is -0.346 e. The van der Waals surface area contributed by atoms with Crippen molar-refractivity contribution in [1.29, 1.82) is 0 Å². The smallest absolute Gasteiger partial charge is 0.166 e. The highest BCUT2D eigenvalue weighted by Gasteiger charge is 2.14. The minimum atomic E-state index is -0.855. The predicted molar refractivity (Wildman–Crippen MR) is 114 cm³/mol. The third-order valence-electron chi connectivity index (χ3n) is 4.30. The molecule has 1 aromatic carbocycles. The highest BCUT2D eigenvalue weighted by molar-refractivity contribution is 5.94. The molecule has 0 aliphatic rings. The molecule has 0 radical (unpaired) electrons. The van der Waals surface area contributed by atoms with Crippen LogP contribution >= 0.6 is 0 Å². The third-order valence-corrected chi connectivity index (χ3v) is 4.30. The summed E-state index contributed by atoms with van der Waals surface area (Å²) < 4.78 is 28.2. The van der Waals surface area contributed by atoms with Crippen molar-refractivity contribution in [1.82, 2.24) is 19.8 Å². The summed E-state index contributed by atoms with van der Waals surface area (Å²) in [5.74, 6) is 4.51. The Morgan fingerprint density at radius 1 is 1.17 bits per heavy atom. The van der Waals surface area contributed by atoms with Gasteiger partial charge in [0.2, 0.25) is 0 Å². The molecule has 0 atom stereocenters. The van der Waals surface area contributed by atoms with Gasteiger partial charge in [-0.05, 0) is 52.0 Å². The molecule has 0 amide bonds. The minimum absolute atomic E-state index is 0.253. The molecule has 150 valence electrons. The van der Waals surface area contributed by atoms with Crippen LogP contribution in [0.5, 0.6) is 0 Å². The summed E-state index contributed by atoms with van der Waals surface area (Å²) >= 11 is 0. The van der Waals surface area contributed by atoms with E-state index in [1.807, 2.05) is 56.3 Å². The number of pyridine rings is 1. The molecular formula is C23H24F2N4. The van der Waals surface area contributed by atoms with Gasteiger partial charge in [0.05, 0.1) is 6.54 Å². The van der Waals surface area contributed by atoms with E-state index in [-0.39, 0.29) is 5.56 Å². The van der Waals surface area contributed by atoms with Gasteiger partial charge in [0.15, 0.2) is 11.6 Å². The van der Waals surface area contributed by atoms with Gasteiger partial charge >= 0.3 is 0 Å². The predicted octanol–water partition coefficient (Wildman–Crippen LogP) is 3.86. The lowest BCUT2D eigenvalue weighted by Gasteiger charge is -2.15. The molecule has 2 heterocycles. The number of rotatable bonds is 5. The first-order valence-corrected chi connectivity index (χ1v) is 9.25. The van der Waals surface area contributed by atoms with Crippen molar-refractivity contribution in [2.24, 2.45) is 0 Å². The van der Waals surface area contributed by atoms with Gasteiger partial charge in [0, 0.05) is 41.0 Å². The summed E-state index contributed by atoms with van der Waals surface area (Å²) in [5.41, 5.74) is 3.31. The van der Waals surface area contributed by atoms with Crippen LogP contribution < -0.4 is 0 Å². The van der Waals surface area contributed by atoms with Crippen LogP contribution in [0.3, 0.4) is 0 Å². The summed E-state index contributed by atoms with van der Waals surface area (Å²) in [7, 11) is 7.70. The largest absolute Gasteiger partial charge is 0.346 e. The second kappa shape index (κ2) is 8.99. The number of hydrogen-bond donors (Lipinski definition) is 1. The first kappa shape index (κ1) is 20.7. The van der Waals surface area contributed by atoms with Crippen LogP contribution in [0.4, 0.5) is 8.78 Å². The zero-order valence-corrected chi connectivity index (χ0v) is 17.1. The van der Waals surface area contributed by atoms with E-state index < -0.39 is 11.6 Å². The van der Waals surface area contributed by atoms with Crippen molar-refractivity contribution in [3.8, 4) is 11.8 Å². The van der Waals surface area contributed by atoms with E-state index >= 15 is 0 Å². The monoisotopic (exact) mass is 394 g/mol.